The fraction of sp³-hybridized carbons (Fsp3) is 0.632. The van der Waals surface area contributed by atoms with Gasteiger partial charge < -0.3 is 24.4 Å². The Morgan fingerprint density at radius 3 is 2.92 bits per heavy atom. The number of hydrogen-bond acceptors (Lipinski definition) is 5. The maximum absolute atomic E-state index is 12.3. The molecule has 0 radical (unpaired) electrons. The molecule has 1 N–H and O–H groups in total. The van der Waals surface area contributed by atoms with Gasteiger partial charge in [0, 0.05) is 39.3 Å². The summed E-state index contributed by atoms with van der Waals surface area (Å²) in [6.07, 6.45) is 0.0951. The predicted octanol–water partition coefficient (Wildman–Crippen LogP) is 1.33. The quantitative estimate of drug-likeness (QED) is 0.826. The van der Waals surface area contributed by atoms with Crippen LogP contribution in [0.1, 0.15) is 12.5 Å². The van der Waals surface area contributed by atoms with Crippen molar-refractivity contribution in [3.63, 3.8) is 0 Å². The van der Waals surface area contributed by atoms with Crippen molar-refractivity contribution in [3.8, 4) is 5.75 Å². The summed E-state index contributed by atoms with van der Waals surface area (Å²) in [5.74, 6) is 0.838. The first-order valence-electron chi connectivity index (χ1n) is 9.37. The van der Waals surface area contributed by atoms with E-state index in [1.54, 1.807) is 4.90 Å². The Bertz CT molecular complexity index is 578. The Labute approximate surface area is 155 Å². The van der Waals surface area contributed by atoms with Crippen LogP contribution >= 0.6 is 0 Å². The molecule has 144 valence electrons. The highest BCUT2D eigenvalue weighted by molar-refractivity contribution is 5.74. The first-order valence-corrected chi connectivity index (χ1v) is 9.37. The monoisotopic (exact) mass is 363 g/mol. The summed E-state index contributed by atoms with van der Waals surface area (Å²) < 4.78 is 16.7. The van der Waals surface area contributed by atoms with E-state index >= 15 is 0 Å². The van der Waals surface area contributed by atoms with E-state index < -0.39 is 0 Å². The van der Waals surface area contributed by atoms with Crippen molar-refractivity contribution >= 4 is 6.03 Å². The zero-order chi connectivity index (χ0) is 18.2. The summed E-state index contributed by atoms with van der Waals surface area (Å²) in [6.45, 7) is 9.45. The Kier molecular flexibility index (Phi) is 7.11. The van der Waals surface area contributed by atoms with Gasteiger partial charge in [-0.3, -0.25) is 4.90 Å². The van der Waals surface area contributed by atoms with E-state index in [1.165, 1.54) is 0 Å². The second-order valence-corrected chi connectivity index (χ2v) is 6.74. The van der Waals surface area contributed by atoms with Crippen LogP contribution < -0.4 is 10.1 Å². The summed E-state index contributed by atoms with van der Waals surface area (Å²) in [5.41, 5.74) is 1.03. The fourth-order valence-electron chi connectivity index (χ4n) is 3.15. The van der Waals surface area contributed by atoms with Gasteiger partial charge >= 0.3 is 6.03 Å². The number of amides is 2. The van der Waals surface area contributed by atoms with Crippen LogP contribution in [0.2, 0.25) is 0 Å². The van der Waals surface area contributed by atoms with E-state index in [0.717, 1.165) is 44.2 Å². The highest BCUT2D eigenvalue weighted by atomic mass is 16.5. The summed E-state index contributed by atoms with van der Waals surface area (Å²) >= 11 is 0. The maximum atomic E-state index is 12.3. The molecule has 0 aliphatic carbocycles. The van der Waals surface area contributed by atoms with Crippen molar-refractivity contribution in [1.82, 2.24) is 15.1 Å². The summed E-state index contributed by atoms with van der Waals surface area (Å²) in [6, 6.07) is 7.86. The number of carbonyl (C=O) groups is 1. The number of rotatable bonds is 6. The number of ether oxygens (including phenoxy) is 3. The van der Waals surface area contributed by atoms with Crippen LogP contribution in [-0.4, -0.2) is 81.1 Å². The Balaban J connectivity index is 1.41. The second-order valence-electron chi connectivity index (χ2n) is 6.74. The lowest BCUT2D eigenvalue weighted by Gasteiger charge is -2.31. The molecular formula is C19H29N3O4. The van der Waals surface area contributed by atoms with Gasteiger partial charge in [0.25, 0.3) is 0 Å². The molecule has 1 aromatic carbocycles. The molecule has 2 aliphatic rings. The highest BCUT2D eigenvalue weighted by Gasteiger charge is 2.20. The normalized spacial score (nSPS) is 21.4. The van der Waals surface area contributed by atoms with Gasteiger partial charge in [-0.2, -0.15) is 0 Å². The van der Waals surface area contributed by atoms with E-state index in [4.69, 9.17) is 14.2 Å². The molecule has 2 heterocycles. The van der Waals surface area contributed by atoms with Crippen LogP contribution in [0.3, 0.4) is 0 Å². The van der Waals surface area contributed by atoms with Crippen LogP contribution in [0.4, 0.5) is 4.79 Å². The van der Waals surface area contributed by atoms with Crippen LogP contribution in [0.15, 0.2) is 24.3 Å². The molecule has 0 aromatic heterocycles. The van der Waals surface area contributed by atoms with Crippen molar-refractivity contribution < 1.29 is 19.0 Å². The van der Waals surface area contributed by atoms with E-state index in [2.05, 4.69) is 10.2 Å². The Hall–Kier alpha value is -1.83. The lowest BCUT2D eigenvalue weighted by Crippen LogP contribution is -2.48. The first kappa shape index (κ1) is 18.9. The molecule has 2 aliphatic heterocycles. The van der Waals surface area contributed by atoms with E-state index in [9.17, 15) is 4.79 Å². The Morgan fingerprint density at radius 2 is 2.12 bits per heavy atom. The van der Waals surface area contributed by atoms with Crippen molar-refractivity contribution in [3.05, 3.63) is 29.8 Å². The molecule has 3 rings (SSSR count). The van der Waals surface area contributed by atoms with Gasteiger partial charge in [0.2, 0.25) is 0 Å². The second kappa shape index (κ2) is 9.75. The van der Waals surface area contributed by atoms with Gasteiger partial charge in [0.15, 0.2) is 0 Å². The lowest BCUT2D eigenvalue weighted by molar-refractivity contribution is -0.00351. The third-order valence-corrected chi connectivity index (χ3v) is 4.65. The summed E-state index contributed by atoms with van der Waals surface area (Å²) in [5, 5.41) is 2.98. The van der Waals surface area contributed by atoms with Crippen molar-refractivity contribution in [2.24, 2.45) is 0 Å². The van der Waals surface area contributed by atoms with Crippen LogP contribution in [-0.2, 0) is 16.0 Å². The first-order chi connectivity index (χ1) is 12.7. The fourth-order valence-corrected chi connectivity index (χ4v) is 3.15. The molecule has 2 fully saturated rings. The van der Waals surface area contributed by atoms with E-state index in [0.29, 0.717) is 32.8 Å². The van der Waals surface area contributed by atoms with Crippen molar-refractivity contribution in [1.29, 1.82) is 0 Å². The zero-order valence-electron chi connectivity index (χ0n) is 15.5. The van der Waals surface area contributed by atoms with Gasteiger partial charge in [0.1, 0.15) is 12.4 Å². The molecule has 1 aromatic rings. The molecule has 7 heteroatoms. The lowest BCUT2D eigenvalue weighted by atomic mass is 10.2. The smallest absolute Gasteiger partial charge is 0.317 e. The number of nitrogens with one attached hydrogen (secondary N) is 1. The predicted molar refractivity (Wildman–Crippen MR) is 98.4 cm³/mol. The number of benzene rings is 1. The number of nitrogens with zero attached hydrogens (tertiary/aromatic N) is 2. The molecule has 1 atom stereocenters. The molecule has 0 spiro atoms. The summed E-state index contributed by atoms with van der Waals surface area (Å²) in [7, 11) is 0. The maximum Gasteiger partial charge on any atom is 0.317 e. The minimum absolute atomic E-state index is 0.0428. The van der Waals surface area contributed by atoms with Gasteiger partial charge in [-0.1, -0.05) is 12.1 Å². The van der Waals surface area contributed by atoms with Crippen LogP contribution in [0.5, 0.6) is 5.75 Å². The Morgan fingerprint density at radius 1 is 1.27 bits per heavy atom. The van der Waals surface area contributed by atoms with Gasteiger partial charge in [-0.05, 0) is 24.6 Å². The standard InChI is InChI=1S/C19H29N3O4/c1-16-15-22(8-12-25-16)19(23)20-14-17-3-2-4-18(13-17)26-11-7-21-5-9-24-10-6-21/h2-4,13,16H,5-12,14-15H2,1H3,(H,20,23). The third kappa shape index (κ3) is 5.86. The molecule has 2 saturated heterocycles. The minimum atomic E-state index is -0.0428. The topological polar surface area (TPSA) is 63.3 Å². The van der Waals surface area contributed by atoms with Crippen molar-refractivity contribution in [2.45, 2.75) is 19.6 Å². The number of hydrogen-bond donors (Lipinski definition) is 1. The molecule has 7 nitrogen and oxygen atoms in total. The molecule has 26 heavy (non-hydrogen) atoms. The zero-order valence-corrected chi connectivity index (χ0v) is 15.5. The third-order valence-electron chi connectivity index (χ3n) is 4.65. The number of morpholine rings is 2. The van der Waals surface area contributed by atoms with Crippen LogP contribution in [0.25, 0.3) is 0 Å². The summed E-state index contributed by atoms with van der Waals surface area (Å²) in [4.78, 5) is 16.4. The van der Waals surface area contributed by atoms with E-state index in [1.807, 2.05) is 31.2 Å². The molecule has 0 saturated carbocycles. The van der Waals surface area contributed by atoms with Crippen LogP contribution in [0, 0.1) is 0 Å². The molecule has 1 unspecified atom stereocenters. The minimum Gasteiger partial charge on any atom is -0.492 e. The van der Waals surface area contributed by atoms with Crippen molar-refractivity contribution in [2.75, 3.05) is 59.2 Å². The number of urea groups is 1. The molecular weight excluding hydrogens is 334 g/mol. The van der Waals surface area contributed by atoms with Gasteiger partial charge in [0.05, 0.1) is 25.9 Å². The average Bonchev–Trinajstić information content (AvgIpc) is 2.67. The van der Waals surface area contributed by atoms with E-state index in [-0.39, 0.29) is 12.1 Å². The number of carbonyl (C=O) groups excluding carboxylic acids is 1. The highest BCUT2D eigenvalue weighted by Crippen LogP contribution is 2.14. The van der Waals surface area contributed by atoms with Gasteiger partial charge in [-0.15, -0.1) is 0 Å². The van der Waals surface area contributed by atoms with Gasteiger partial charge in [-0.25, -0.2) is 4.79 Å². The SMILES string of the molecule is CC1CN(C(=O)NCc2cccc(OCCN3CCOCC3)c2)CCO1. The largest absolute Gasteiger partial charge is 0.492 e. The molecule has 2 amide bonds. The molecule has 0 bridgehead atoms. The average molecular weight is 363 g/mol.